The van der Waals surface area contributed by atoms with Crippen LogP contribution in [0.2, 0.25) is 0 Å². The summed E-state index contributed by atoms with van der Waals surface area (Å²) in [5.41, 5.74) is 2.19. The van der Waals surface area contributed by atoms with Crippen molar-refractivity contribution >= 4 is 16.7 Å². The van der Waals surface area contributed by atoms with Crippen molar-refractivity contribution in [3.63, 3.8) is 0 Å². The van der Waals surface area contributed by atoms with Gasteiger partial charge in [-0.05, 0) is 36.8 Å². The number of aliphatic hydroxyl groups is 1. The number of anilines is 1. The molecule has 1 N–H and O–H groups in total. The summed E-state index contributed by atoms with van der Waals surface area (Å²) in [5.74, 6) is 2.78. The van der Waals surface area contributed by atoms with Crippen molar-refractivity contribution in [2.45, 2.75) is 38.7 Å². The molecule has 2 aliphatic rings. The largest absolute Gasteiger partial charge is 0.425 e. The fraction of sp³-hybridized carbons (Fsp3) is 0.450. The number of fused-ring (bicyclic) bond motifs is 1. The van der Waals surface area contributed by atoms with Gasteiger partial charge in [0.25, 0.3) is 0 Å². The third-order valence-electron chi connectivity index (χ3n) is 6.04. The predicted octanol–water partition coefficient (Wildman–Crippen LogP) is 3.19. The Hall–Kier alpha value is -2.47. The summed E-state index contributed by atoms with van der Waals surface area (Å²) in [6.45, 7) is 3.75. The van der Waals surface area contributed by atoms with Gasteiger partial charge in [-0.1, -0.05) is 18.2 Å². The SMILES string of the molecule is Cc1nnc(C2CC23CCN(c2nc4ccccc4cc2CO)CC3)o1. The van der Waals surface area contributed by atoms with E-state index >= 15 is 0 Å². The number of nitrogens with zero attached hydrogens (tertiary/aromatic N) is 4. The Morgan fingerprint density at radius 2 is 2.04 bits per heavy atom. The van der Waals surface area contributed by atoms with Gasteiger partial charge >= 0.3 is 0 Å². The Kier molecular flexibility index (Phi) is 3.50. The van der Waals surface area contributed by atoms with Gasteiger partial charge in [0.2, 0.25) is 11.8 Å². The van der Waals surface area contributed by atoms with E-state index in [0.717, 1.165) is 60.5 Å². The molecule has 3 heterocycles. The predicted molar refractivity (Wildman–Crippen MR) is 97.9 cm³/mol. The molecular weight excluding hydrogens is 328 g/mol. The number of hydrogen-bond acceptors (Lipinski definition) is 6. The van der Waals surface area contributed by atoms with Gasteiger partial charge in [0.15, 0.2) is 0 Å². The quantitative estimate of drug-likeness (QED) is 0.782. The highest BCUT2D eigenvalue weighted by atomic mass is 16.4. The fourth-order valence-electron chi connectivity index (χ4n) is 4.41. The summed E-state index contributed by atoms with van der Waals surface area (Å²) in [5, 5.41) is 19.1. The second kappa shape index (κ2) is 5.77. The maximum absolute atomic E-state index is 9.82. The van der Waals surface area contributed by atoms with Crippen molar-refractivity contribution in [3.05, 3.63) is 47.7 Å². The Morgan fingerprint density at radius 3 is 2.77 bits per heavy atom. The zero-order chi connectivity index (χ0) is 17.7. The van der Waals surface area contributed by atoms with Crippen molar-refractivity contribution < 1.29 is 9.52 Å². The average Bonchev–Trinajstić information content (AvgIpc) is 3.19. The van der Waals surface area contributed by atoms with Gasteiger partial charge in [0.1, 0.15) is 5.82 Å². The normalized spacial score (nSPS) is 21.5. The number of pyridine rings is 1. The Balaban J connectivity index is 1.37. The zero-order valence-electron chi connectivity index (χ0n) is 14.9. The first kappa shape index (κ1) is 15.8. The summed E-state index contributed by atoms with van der Waals surface area (Å²) >= 11 is 0. The molecule has 1 unspecified atom stereocenters. The molecule has 6 heteroatoms. The third kappa shape index (κ3) is 2.48. The molecule has 0 amide bonds. The first-order chi connectivity index (χ1) is 12.7. The average molecular weight is 350 g/mol. The van der Waals surface area contributed by atoms with E-state index in [9.17, 15) is 5.11 Å². The molecule has 0 bridgehead atoms. The molecule has 2 fully saturated rings. The van der Waals surface area contributed by atoms with Gasteiger partial charge in [-0.3, -0.25) is 0 Å². The molecular formula is C20H22N4O2. The number of benzene rings is 1. The van der Waals surface area contributed by atoms with E-state index in [1.807, 2.05) is 31.2 Å². The van der Waals surface area contributed by atoms with Crippen molar-refractivity contribution in [1.29, 1.82) is 0 Å². The molecule has 1 spiro atoms. The van der Waals surface area contributed by atoms with Crippen LogP contribution in [0.3, 0.4) is 0 Å². The molecule has 6 nitrogen and oxygen atoms in total. The number of hydrogen-bond donors (Lipinski definition) is 1. The van der Waals surface area contributed by atoms with Gasteiger partial charge in [-0.15, -0.1) is 10.2 Å². The lowest BCUT2D eigenvalue weighted by Crippen LogP contribution is -2.36. The van der Waals surface area contributed by atoms with Crippen LogP contribution in [0.1, 0.15) is 42.5 Å². The van der Waals surface area contributed by atoms with Gasteiger partial charge in [-0.2, -0.15) is 0 Å². The van der Waals surface area contributed by atoms with Crippen molar-refractivity contribution in [2.75, 3.05) is 18.0 Å². The zero-order valence-corrected chi connectivity index (χ0v) is 14.9. The van der Waals surface area contributed by atoms with E-state index in [1.54, 1.807) is 0 Å². The minimum absolute atomic E-state index is 0.0126. The van der Waals surface area contributed by atoms with Gasteiger partial charge < -0.3 is 14.4 Å². The summed E-state index contributed by atoms with van der Waals surface area (Å²) in [7, 11) is 0. The Bertz CT molecular complexity index is 959. The highest BCUT2D eigenvalue weighted by Crippen LogP contribution is 2.64. The minimum Gasteiger partial charge on any atom is -0.425 e. The van der Waals surface area contributed by atoms with Crippen LogP contribution in [0.5, 0.6) is 0 Å². The van der Waals surface area contributed by atoms with Crippen LogP contribution in [0, 0.1) is 12.3 Å². The molecule has 2 aromatic heterocycles. The molecule has 1 saturated heterocycles. The minimum atomic E-state index is 0.0126. The molecule has 1 aliphatic heterocycles. The number of para-hydroxylation sites is 1. The highest BCUT2D eigenvalue weighted by Gasteiger charge is 2.58. The number of rotatable bonds is 3. The molecule has 5 rings (SSSR count). The molecule has 1 saturated carbocycles. The molecule has 3 aromatic rings. The van der Waals surface area contributed by atoms with E-state index in [4.69, 9.17) is 9.40 Å². The molecule has 1 atom stereocenters. The molecule has 26 heavy (non-hydrogen) atoms. The molecule has 134 valence electrons. The summed E-state index contributed by atoms with van der Waals surface area (Å²) in [6.07, 6.45) is 3.33. The van der Waals surface area contributed by atoms with Crippen LogP contribution in [0.4, 0.5) is 5.82 Å². The molecule has 1 aromatic carbocycles. The number of aryl methyl sites for hydroxylation is 1. The third-order valence-corrected chi connectivity index (χ3v) is 6.04. The van der Waals surface area contributed by atoms with Crippen LogP contribution >= 0.6 is 0 Å². The fourth-order valence-corrected chi connectivity index (χ4v) is 4.41. The van der Waals surface area contributed by atoms with Gasteiger partial charge in [-0.25, -0.2) is 4.98 Å². The smallest absolute Gasteiger partial charge is 0.220 e. The van der Waals surface area contributed by atoms with Crippen LogP contribution in [0.25, 0.3) is 10.9 Å². The topological polar surface area (TPSA) is 75.3 Å². The first-order valence-electron chi connectivity index (χ1n) is 9.23. The lowest BCUT2D eigenvalue weighted by Gasteiger charge is -2.34. The van der Waals surface area contributed by atoms with Gasteiger partial charge in [0, 0.05) is 36.9 Å². The number of aromatic nitrogens is 3. The lowest BCUT2D eigenvalue weighted by molar-refractivity contribution is 0.281. The van der Waals surface area contributed by atoms with Crippen LogP contribution in [-0.4, -0.2) is 33.4 Å². The van der Waals surface area contributed by atoms with E-state index in [-0.39, 0.29) is 6.61 Å². The second-order valence-electron chi connectivity index (χ2n) is 7.59. The van der Waals surface area contributed by atoms with Crippen molar-refractivity contribution in [3.8, 4) is 0 Å². The van der Waals surface area contributed by atoms with E-state index in [1.165, 1.54) is 0 Å². The Labute approximate surface area is 151 Å². The summed E-state index contributed by atoms with van der Waals surface area (Å²) < 4.78 is 5.65. The van der Waals surface area contributed by atoms with Crippen molar-refractivity contribution in [1.82, 2.24) is 15.2 Å². The standard InChI is InChI=1S/C20H22N4O2/c1-13-22-23-19(26-13)16-11-20(16)6-8-24(9-7-20)18-15(12-25)10-14-4-2-3-5-17(14)21-18/h2-5,10,16,25H,6-9,11-12H2,1H3. The lowest BCUT2D eigenvalue weighted by atomic mass is 9.90. The number of aliphatic hydroxyl groups excluding tert-OH is 1. The van der Waals surface area contributed by atoms with E-state index in [0.29, 0.717) is 17.2 Å². The van der Waals surface area contributed by atoms with Crippen LogP contribution in [0.15, 0.2) is 34.7 Å². The van der Waals surface area contributed by atoms with Crippen molar-refractivity contribution in [2.24, 2.45) is 5.41 Å². The van der Waals surface area contributed by atoms with Crippen LogP contribution < -0.4 is 4.90 Å². The van der Waals surface area contributed by atoms with E-state index < -0.39 is 0 Å². The second-order valence-corrected chi connectivity index (χ2v) is 7.59. The van der Waals surface area contributed by atoms with E-state index in [2.05, 4.69) is 21.2 Å². The molecule has 0 radical (unpaired) electrons. The Morgan fingerprint density at radius 1 is 1.23 bits per heavy atom. The highest BCUT2D eigenvalue weighted by molar-refractivity contribution is 5.81. The molecule has 1 aliphatic carbocycles. The maximum atomic E-state index is 9.82. The first-order valence-corrected chi connectivity index (χ1v) is 9.23. The summed E-state index contributed by atoms with van der Waals surface area (Å²) in [4.78, 5) is 7.16. The summed E-state index contributed by atoms with van der Waals surface area (Å²) in [6, 6.07) is 10.1. The van der Waals surface area contributed by atoms with Crippen LogP contribution in [-0.2, 0) is 6.61 Å². The maximum Gasteiger partial charge on any atom is 0.220 e. The van der Waals surface area contributed by atoms with Gasteiger partial charge in [0.05, 0.1) is 12.1 Å². The number of piperidine rings is 1. The monoisotopic (exact) mass is 350 g/mol.